The minimum atomic E-state index is 0. The largest absolute Gasteiger partial charge is 0.512 e. The molecule has 0 spiro atoms. The minimum Gasteiger partial charge on any atom is -0.512 e. The topological polar surface area (TPSA) is 63.3 Å². The Labute approximate surface area is 320 Å². The fraction of sp³-hybridized carbons (Fsp3) is 0.435. The zero-order valence-corrected chi connectivity index (χ0v) is 35.1. The van der Waals surface area contributed by atoms with Crippen molar-refractivity contribution in [1.29, 1.82) is 0 Å². The van der Waals surface area contributed by atoms with Crippen molar-refractivity contribution in [2.45, 2.75) is 114 Å². The van der Waals surface area contributed by atoms with Gasteiger partial charge in [0.1, 0.15) is 11.3 Å². The van der Waals surface area contributed by atoms with Crippen LogP contribution in [0.1, 0.15) is 116 Å². The van der Waals surface area contributed by atoms with E-state index in [1.165, 1.54) is 33.7 Å². The number of hydrogen-bond donors (Lipinski definition) is 1. The van der Waals surface area contributed by atoms with Gasteiger partial charge in [-0.1, -0.05) is 115 Å². The number of pyridine rings is 1. The van der Waals surface area contributed by atoms with Gasteiger partial charge in [-0.2, -0.15) is 0 Å². The van der Waals surface area contributed by atoms with Crippen LogP contribution in [-0.2, 0) is 31.3 Å². The van der Waals surface area contributed by atoms with Crippen molar-refractivity contribution in [3.05, 3.63) is 101 Å². The molecule has 4 nitrogen and oxygen atoms in total. The second kappa shape index (κ2) is 18.3. The van der Waals surface area contributed by atoms with Crippen molar-refractivity contribution < 1.29 is 34.4 Å². The third-order valence-corrected chi connectivity index (χ3v) is 9.72. The van der Waals surface area contributed by atoms with Crippen LogP contribution < -0.4 is 0 Å². The Balaban J connectivity index is 0.000000374. The normalized spacial score (nSPS) is 12.1. The van der Waals surface area contributed by atoms with Crippen molar-refractivity contribution in [2.75, 3.05) is 0 Å². The van der Waals surface area contributed by atoms with Gasteiger partial charge in [-0.15, -0.1) is 29.1 Å². The number of benzene rings is 3. The molecule has 0 saturated carbocycles. The van der Waals surface area contributed by atoms with Gasteiger partial charge in [-0.25, -0.2) is 0 Å². The van der Waals surface area contributed by atoms with Gasteiger partial charge in [0, 0.05) is 60.9 Å². The number of aromatic nitrogens is 1. The van der Waals surface area contributed by atoms with Crippen LogP contribution in [0, 0.1) is 37.2 Å². The minimum absolute atomic E-state index is 0. The zero-order valence-electron chi connectivity index (χ0n) is 32.7. The molecule has 2 aromatic heterocycles. The van der Waals surface area contributed by atoms with E-state index in [-0.39, 0.29) is 48.9 Å². The van der Waals surface area contributed by atoms with Gasteiger partial charge in [0.05, 0.1) is 5.76 Å². The van der Waals surface area contributed by atoms with Crippen LogP contribution in [0.3, 0.4) is 0 Å². The molecule has 3 aromatic carbocycles. The molecule has 1 radical (unpaired) electrons. The molecule has 0 saturated heterocycles. The summed E-state index contributed by atoms with van der Waals surface area (Å²) >= 11 is 0. The van der Waals surface area contributed by atoms with E-state index in [0.717, 1.165) is 71.0 Å². The second-order valence-corrected chi connectivity index (χ2v) is 15.4. The standard InChI is InChI=1S/C33H34NO.C13H24O2.Ir/c1-20(2)27-17-26(16-25-15-21(3)14-22(4)31(25)27)32-28-18-30(35-29(28)12-13-34-32)24-10-8-23(9-11-24)19-33(5,6)7;1-5-10(6-2)12(14)9-13(15)11(7-3)8-4;/h8-15,17-18,20H,19H2,1-7H3;9-11,14H,5-8H2,1-4H3;/q-1;;/b;12-9-;. The first-order chi connectivity index (χ1) is 23.7. The van der Waals surface area contributed by atoms with Crippen LogP contribution in [0.5, 0.6) is 0 Å². The summed E-state index contributed by atoms with van der Waals surface area (Å²) in [4.78, 5) is 16.5. The summed E-state index contributed by atoms with van der Waals surface area (Å²) in [6, 6.07) is 23.3. The van der Waals surface area contributed by atoms with E-state index in [2.05, 4.69) is 103 Å². The van der Waals surface area contributed by atoms with Crippen molar-refractivity contribution >= 4 is 27.5 Å². The quantitative estimate of drug-likeness (QED) is 0.0816. The zero-order chi connectivity index (χ0) is 36.7. The van der Waals surface area contributed by atoms with Gasteiger partial charge in [0.2, 0.25) is 0 Å². The summed E-state index contributed by atoms with van der Waals surface area (Å²) in [5.41, 5.74) is 9.38. The van der Waals surface area contributed by atoms with Crippen LogP contribution >= 0.6 is 0 Å². The maximum absolute atomic E-state index is 11.7. The fourth-order valence-corrected chi connectivity index (χ4v) is 6.94. The predicted octanol–water partition coefficient (Wildman–Crippen LogP) is 13.3. The van der Waals surface area contributed by atoms with Crippen molar-refractivity contribution in [3.8, 4) is 22.6 Å². The molecule has 2 heterocycles. The second-order valence-electron chi connectivity index (χ2n) is 15.4. The van der Waals surface area contributed by atoms with Crippen molar-refractivity contribution in [3.63, 3.8) is 0 Å². The molecule has 1 N–H and O–H groups in total. The van der Waals surface area contributed by atoms with E-state index >= 15 is 0 Å². The number of rotatable bonds is 11. The van der Waals surface area contributed by atoms with E-state index < -0.39 is 0 Å². The van der Waals surface area contributed by atoms with Gasteiger partial charge in [-0.3, -0.25) is 9.78 Å². The number of carbonyl (C=O) groups is 1. The fourth-order valence-electron chi connectivity index (χ4n) is 6.94. The number of allylic oxidation sites excluding steroid dienone is 2. The molecule has 275 valence electrons. The van der Waals surface area contributed by atoms with E-state index in [0.29, 0.717) is 5.92 Å². The number of carbonyl (C=O) groups excluding carboxylic acids is 1. The number of ketones is 1. The van der Waals surface area contributed by atoms with Crippen LogP contribution in [0.25, 0.3) is 44.3 Å². The Bertz CT molecular complexity index is 1930. The van der Waals surface area contributed by atoms with E-state index in [1.807, 2.05) is 40.0 Å². The van der Waals surface area contributed by atoms with E-state index in [1.54, 1.807) is 0 Å². The molecule has 5 aromatic rings. The summed E-state index contributed by atoms with van der Waals surface area (Å²) in [5.74, 6) is 1.82. The molecule has 0 aliphatic rings. The van der Waals surface area contributed by atoms with Crippen LogP contribution in [0.15, 0.2) is 77.0 Å². The Morgan fingerprint density at radius 3 is 2.10 bits per heavy atom. The van der Waals surface area contributed by atoms with Gasteiger partial charge in [-0.05, 0) is 75.0 Å². The third kappa shape index (κ3) is 10.5. The van der Waals surface area contributed by atoms with Crippen molar-refractivity contribution in [2.24, 2.45) is 17.3 Å². The molecule has 0 aliphatic carbocycles. The molecule has 5 rings (SSSR count). The van der Waals surface area contributed by atoms with Gasteiger partial charge >= 0.3 is 0 Å². The molecule has 0 aliphatic heterocycles. The third-order valence-electron chi connectivity index (χ3n) is 9.72. The molecule has 5 heteroatoms. The first kappa shape index (κ1) is 41.9. The number of fused-ring (bicyclic) bond motifs is 2. The SMILES string of the molecule is CCC(CC)C(=O)/C=C(\O)C(CC)CC.Cc1cc(C)c2c(C(C)C)cc(-c3nccc4oc(-c5ccc(CC(C)(C)C)cc5)cc34)[c-]c2c1.[Ir]. The van der Waals surface area contributed by atoms with Gasteiger partial charge < -0.3 is 9.52 Å². The molecule has 0 amide bonds. The van der Waals surface area contributed by atoms with Crippen LogP contribution in [-0.4, -0.2) is 15.9 Å². The van der Waals surface area contributed by atoms with Crippen LogP contribution in [0.2, 0.25) is 0 Å². The summed E-state index contributed by atoms with van der Waals surface area (Å²) in [6.45, 7) is 23.7. The Kier molecular flexibility index (Phi) is 15.0. The number of furan rings is 1. The number of aryl methyl sites for hydroxylation is 2. The number of aliphatic hydroxyl groups is 1. The summed E-state index contributed by atoms with van der Waals surface area (Å²) in [7, 11) is 0. The monoisotopic (exact) mass is 865 g/mol. The Hall–Kier alpha value is -3.53. The number of hydrogen-bond acceptors (Lipinski definition) is 4. The Morgan fingerprint density at radius 1 is 0.902 bits per heavy atom. The number of aliphatic hydroxyl groups excluding tert-OH is 1. The molecule has 0 bridgehead atoms. The molecule has 51 heavy (non-hydrogen) atoms. The molecule has 0 unspecified atom stereocenters. The molecular formula is C46H58IrNO3-. The van der Waals surface area contributed by atoms with E-state index in [9.17, 15) is 9.90 Å². The number of nitrogens with zero attached hydrogens (tertiary/aromatic N) is 1. The Morgan fingerprint density at radius 2 is 1.53 bits per heavy atom. The summed E-state index contributed by atoms with van der Waals surface area (Å²) in [5, 5.41) is 13.2. The van der Waals surface area contributed by atoms with Gasteiger partial charge in [0.15, 0.2) is 5.78 Å². The maximum Gasteiger partial charge on any atom is 0.162 e. The average molecular weight is 865 g/mol. The molecule has 0 fully saturated rings. The molecular weight excluding hydrogens is 807 g/mol. The first-order valence-corrected chi connectivity index (χ1v) is 18.6. The van der Waals surface area contributed by atoms with Crippen LogP contribution in [0.4, 0.5) is 0 Å². The summed E-state index contributed by atoms with van der Waals surface area (Å²) in [6.07, 6.45) is 7.80. The predicted molar refractivity (Wildman–Crippen MR) is 212 cm³/mol. The maximum atomic E-state index is 11.7. The van der Waals surface area contributed by atoms with E-state index in [4.69, 9.17) is 9.40 Å². The summed E-state index contributed by atoms with van der Waals surface area (Å²) < 4.78 is 6.31. The van der Waals surface area contributed by atoms with Gasteiger partial charge in [0.25, 0.3) is 0 Å². The molecule has 0 atom stereocenters. The van der Waals surface area contributed by atoms with Crippen molar-refractivity contribution in [1.82, 2.24) is 4.98 Å². The first-order valence-electron chi connectivity index (χ1n) is 18.6. The smallest absolute Gasteiger partial charge is 0.162 e. The average Bonchev–Trinajstić information content (AvgIpc) is 3.50.